The molecule has 2 aliphatic rings. The van der Waals surface area contributed by atoms with Crippen molar-refractivity contribution in [2.45, 2.75) is 45.0 Å². The van der Waals surface area contributed by atoms with Gasteiger partial charge in [-0.1, -0.05) is 12.1 Å². The van der Waals surface area contributed by atoms with E-state index in [0.717, 1.165) is 23.4 Å². The summed E-state index contributed by atoms with van der Waals surface area (Å²) in [6.07, 6.45) is 1.14. The molecule has 2 aromatic rings. The zero-order valence-electron chi connectivity index (χ0n) is 16.8. The van der Waals surface area contributed by atoms with Crippen LogP contribution in [0.5, 0.6) is 5.75 Å². The standard InChI is InChI=1S/C21H26N4O4/c1-14-22-18-12-24(11-17(18)19(26)23-14)13-21(28)7-4-8-25(20(21)27)10-15-5-3-6-16(9-15)29-2/h3,5-6,9,28H,4,7-8,10-13H2,1-2H3,(H,22,23,26). The Morgan fingerprint density at radius 1 is 1.31 bits per heavy atom. The maximum atomic E-state index is 13.1. The smallest absolute Gasteiger partial charge is 0.256 e. The van der Waals surface area contributed by atoms with Gasteiger partial charge in [0, 0.05) is 32.7 Å². The highest BCUT2D eigenvalue weighted by molar-refractivity contribution is 5.86. The highest BCUT2D eigenvalue weighted by Gasteiger charge is 2.44. The predicted octanol–water partition coefficient (Wildman–Crippen LogP) is 0.956. The van der Waals surface area contributed by atoms with Gasteiger partial charge in [0.05, 0.1) is 18.4 Å². The number of amides is 1. The maximum Gasteiger partial charge on any atom is 0.256 e. The van der Waals surface area contributed by atoms with Gasteiger partial charge in [-0.05, 0) is 37.5 Å². The number of hydrogen-bond acceptors (Lipinski definition) is 6. The second kappa shape index (κ2) is 7.61. The van der Waals surface area contributed by atoms with Crippen molar-refractivity contribution in [2.75, 3.05) is 20.2 Å². The Balaban J connectivity index is 1.47. The normalized spacial score (nSPS) is 22.0. The Morgan fingerprint density at radius 3 is 2.93 bits per heavy atom. The van der Waals surface area contributed by atoms with Gasteiger partial charge in [0.1, 0.15) is 11.6 Å². The Morgan fingerprint density at radius 2 is 2.14 bits per heavy atom. The lowest BCUT2D eigenvalue weighted by molar-refractivity contribution is -0.160. The van der Waals surface area contributed by atoms with Gasteiger partial charge in [-0.3, -0.25) is 14.5 Å². The lowest BCUT2D eigenvalue weighted by atomic mass is 9.90. The number of carbonyl (C=O) groups excluding carboxylic acids is 1. The zero-order chi connectivity index (χ0) is 20.6. The van der Waals surface area contributed by atoms with Crippen LogP contribution in [0.1, 0.15) is 35.5 Å². The van der Waals surface area contributed by atoms with Crippen molar-refractivity contribution >= 4 is 5.91 Å². The van der Waals surface area contributed by atoms with Crippen molar-refractivity contribution in [2.24, 2.45) is 0 Å². The molecule has 2 aliphatic heterocycles. The number of ether oxygens (including phenoxy) is 1. The number of benzene rings is 1. The highest BCUT2D eigenvalue weighted by atomic mass is 16.5. The number of aromatic amines is 1. The number of H-pyrrole nitrogens is 1. The third-order valence-electron chi connectivity index (χ3n) is 5.67. The summed E-state index contributed by atoms with van der Waals surface area (Å²) < 4.78 is 5.26. The van der Waals surface area contributed by atoms with Crippen LogP contribution >= 0.6 is 0 Å². The zero-order valence-corrected chi connectivity index (χ0v) is 16.8. The SMILES string of the molecule is COc1cccc(CN2CCCC(O)(CN3Cc4nc(C)[nH]c(=O)c4C3)C2=O)c1. The van der Waals surface area contributed by atoms with E-state index in [1.165, 1.54) is 0 Å². The summed E-state index contributed by atoms with van der Waals surface area (Å²) in [7, 11) is 1.61. The van der Waals surface area contributed by atoms with Crippen molar-refractivity contribution < 1.29 is 14.6 Å². The topological polar surface area (TPSA) is 98.8 Å². The minimum atomic E-state index is -1.46. The number of fused-ring (bicyclic) bond motifs is 1. The third kappa shape index (κ3) is 3.90. The lowest BCUT2D eigenvalue weighted by Crippen LogP contribution is -2.57. The van der Waals surface area contributed by atoms with E-state index in [1.807, 2.05) is 29.2 Å². The number of likely N-dealkylation sites (tertiary alicyclic amines) is 1. The number of carbonyl (C=O) groups is 1. The van der Waals surface area contributed by atoms with Crippen molar-refractivity contribution in [3.63, 3.8) is 0 Å². The van der Waals surface area contributed by atoms with Gasteiger partial charge >= 0.3 is 0 Å². The first-order valence-corrected chi connectivity index (χ1v) is 9.84. The number of aliphatic hydroxyl groups is 1. The molecule has 4 rings (SSSR count). The largest absolute Gasteiger partial charge is 0.497 e. The molecular formula is C21H26N4O4. The number of aryl methyl sites for hydroxylation is 1. The molecule has 1 unspecified atom stereocenters. The van der Waals surface area contributed by atoms with Crippen LogP contribution in [0.3, 0.4) is 0 Å². The van der Waals surface area contributed by atoms with E-state index < -0.39 is 5.60 Å². The summed E-state index contributed by atoms with van der Waals surface area (Å²) >= 11 is 0. The number of piperidine rings is 1. The molecule has 2 N–H and O–H groups in total. The summed E-state index contributed by atoms with van der Waals surface area (Å²) in [6, 6.07) is 7.60. The quantitative estimate of drug-likeness (QED) is 0.778. The van der Waals surface area contributed by atoms with E-state index in [-0.39, 0.29) is 18.0 Å². The van der Waals surface area contributed by atoms with Crippen molar-refractivity contribution in [1.29, 1.82) is 0 Å². The molecule has 1 amide bonds. The molecular weight excluding hydrogens is 372 g/mol. The first kappa shape index (κ1) is 19.6. The monoisotopic (exact) mass is 398 g/mol. The lowest BCUT2D eigenvalue weighted by Gasteiger charge is -2.40. The second-order valence-electron chi connectivity index (χ2n) is 7.94. The maximum absolute atomic E-state index is 13.1. The number of nitrogens with one attached hydrogen (secondary N) is 1. The Bertz CT molecular complexity index is 989. The molecule has 1 aromatic heterocycles. The van der Waals surface area contributed by atoms with E-state index in [2.05, 4.69) is 9.97 Å². The number of β-amino-alcohol motifs (C(OH)–C–C–N with tert-alkyl or cyclic N) is 1. The first-order valence-electron chi connectivity index (χ1n) is 9.84. The van der Waals surface area contributed by atoms with Gasteiger partial charge in [-0.15, -0.1) is 0 Å². The highest BCUT2D eigenvalue weighted by Crippen LogP contribution is 2.28. The van der Waals surface area contributed by atoms with Crippen LogP contribution in [-0.2, 0) is 24.4 Å². The van der Waals surface area contributed by atoms with Crippen molar-refractivity contribution in [3.05, 3.63) is 57.3 Å². The van der Waals surface area contributed by atoms with Crippen LogP contribution in [0.25, 0.3) is 0 Å². The number of hydrogen-bond donors (Lipinski definition) is 2. The number of methoxy groups -OCH3 is 1. The third-order valence-corrected chi connectivity index (χ3v) is 5.67. The fourth-order valence-corrected chi connectivity index (χ4v) is 4.29. The van der Waals surface area contributed by atoms with Gasteiger partial charge in [-0.2, -0.15) is 0 Å². The van der Waals surface area contributed by atoms with Gasteiger partial charge in [0.2, 0.25) is 0 Å². The summed E-state index contributed by atoms with van der Waals surface area (Å²) in [4.78, 5) is 36.0. The van der Waals surface area contributed by atoms with Gasteiger partial charge in [0.15, 0.2) is 5.60 Å². The molecule has 29 heavy (non-hydrogen) atoms. The molecule has 8 heteroatoms. The summed E-state index contributed by atoms with van der Waals surface area (Å²) in [5.74, 6) is 1.05. The Kier molecular flexibility index (Phi) is 5.14. The molecule has 0 radical (unpaired) electrons. The summed E-state index contributed by atoms with van der Waals surface area (Å²) in [5, 5.41) is 11.2. The number of nitrogens with zero attached hydrogens (tertiary/aromatic N) is 3. The van der Waals surface area contributed by atoms with Crippen LogP contribution in [0.4, 0.5) is 0 Å². The van der Waals surface area contributed by atoms with E-state index in [9.17, 15) is 14.7 Å². The van der Waals surface area contributed by atoms with Gasteiger partial charge < -0.3 is 19.7 Å². The molecule has 1 atom stereocenters. The minimum absolute atomic E-state index is 0.142. The molecule has 1 saturated heterocycles. The number of aromatic nitrogens is 2. The van der Waals surface area contributed by atoms with Crippen LogP contribution in [0, 0.1) is 6.92 Å². The summed E-state index contributed by atoms with van der Waals surface area (Å²) in [6.45, 7) is 3.83. The Hall–Kier alpha value is -2.71. The predicted molar refractivity (Wildman–Crippen MR) is 106 cm³/mol. The molecule has 0 spiro atoms. The molecule has 154 valence electrons. The fraction of sp³-hybridized carbons (Fsp3) is 0.476. The van der Waals surface area contributed by atoms with Crippen molar-refractivity contribution in [3.8, 4) is 5.75 Å². The molecule has 0 saturated carbocycles. The second-order valence-corrected chi connectivity index (χ2v) is 7.94. The molecule has 8 nitrogen and oxygen atoms in total. The molecule has 0 aliphatic carbocycles. The van der Waals surface area contributed by atoms with E-state index in [4.69, 9.17) is 4.74 Å². The minimum Gasteiger partial charge on any atom is -0.497 e. The molecule has 1 aromatic carbocycles. The van der Waals surface area contributed by atoms with Crippen LogP contribution in [-0.4, -0.2) is 56.6 Å². The van der Waals surface area contributed by atoms with Crippen LogP contribution in [0.15, 0.2) is 29.1 Å². The molecule has 1 fully saturated rings. The van der Waals surface area contributed by atoms with Crippen LogP contribution in [0.2, 0.25) is 0 Å². The number of rotatable bonds is 5. The average molecular weight is 398 g/mol. The average Bonchev–Trinajstić information content (AvgIpc) is 3.08. The van der Waals surface area contributed by atoms with E-state index >= 15 is 0 Å². The van der Waals surface area contributed by atoms with E-state index in [1.54, 1.807) is 18.9 Å². The fourth-order valence-electron chi connectivity index (χ4n) is 4.29. The van der Waals surface area contributed by atoms with E-state index in [0.29, 0.717) is 44.0 Å². The first-order chi connectivity index (χ1) is 13.9. The van der Waals surface area contributed by atoms with Gasteiger partial charge in [-0.25, -0.2) is 4.98 Å². The van der Waals surface area contributed by atoms with Gasteiger partial charge in [0.25, 0.3) is 11.5 Å². The molecule has 3 heterocycles. The van der Waals surface area contributed by atoms with Crippen molar-refractivity contribution in [1.82, 2.24) is 19.8 Å². The summed E-state index contributed by atoms with van der Waals surface area (Å²) in [5.41, 5.74) is 0.710. The van der Waals surface area contributed by atoms with Crippen LogP contribution < -0.4 is 10.3 Å². The Labute approximate surface area is 169 Å². The molecule has 0 bridgehead atoms.